The summed E-state index contributed by atoms with van der Waals surface area (Å²) in [6.07, 6.45) is 76.3. The molecule has 3 N–H and O–H groups in total. The van der Waals surface area contributed by atoms with Crippen LogP contribution in [0, 0.1) is 0 Å². The van der Waals surface area contributed by atoms with Crippen molar-refractivity contribution in [2.75, 3.05) is 39.6 Å². The second kappa shape index (κ2) is 70.9. The molecule has 0 aromatic carbocycles. The van der Waals surface area contributed by atoms with Gasteiger partial charge in [-0.2, -0.15) is 0 Å². The van der Waals surface area contributed by atoms with Crippen LogP contribution in [0.4, 0.5) is 0 Å². The lowest BCUT2D eigenvalue weighted by molar-refractivity contribution is -0.161. The van der Waals surface area contributed by atoms with E-state index < -0.39 is 97.5 Å². The van der Waals surface area contributed by atoms with Gasteiger partial charge in [-0.15, -0.1) is 0 Å². The SMILES string of the molecule is CC/C=C\C/C=C\C/C=C\C/C=C\C/C=C\CCCCCC(=O)OCC(COP(=O)(O)OCC(O)COP(=O)(O)OCC(COC(=O)CCCCCCC/C=C\CCCCCC)OC(=O)CCCCCCCCCCCCC)OC(=O)CCCC/C=C\C/C=C\C/C=C\C/C=C\CC. The van der Waals surface area contributed by atoms with Gasteiger partial charge < -0.3 is 33.8 Å². The van der Waals surface area contributed by atoms with Crippen molar-refractivity contribution < 1.29 is 80.2 Å². The van der Waals surface area contributed by atoms with E-state index in [1.54, 1.807) is 0 Å². The molecule has 0 fully saturated rings. The third-order valence-electron chi connectivity index (χ3n) is 15.4. The van der Waals surface area contributed by atoms with Crippen molar-refractivity contribution in [1.82, 2.24) is 0 Å². The Bertz CT molecular complexity index is 2340. The summed E-state index contributed by atoms with van der Waals surface area (Å²) in [5, 5.41) is 10.6. The van der Waals surface area contributed by atoms with E-state index in [0.29, 0.717) is 32.1 Å². The molecule has 5 atom stereocenters. The molecule has 5 unspecified atom stereocenters. The first kappa shape index (κ1) is 93.5. The maximum atomic E-state index is 13.1. The fourth-order valence-electron chi connectivity index (χ4n) is 9.70. The number of hydrogen-bond acceptors (Lipinski definition) is 15. The number of aliphatic hydroxyl groups is 1. The molecule has 0 saturated heterocycles. The third kappa shape index (κ3) is 69.9. The second-order valence-electron chi connectivity index (χ2n) is 24.8. The number of unbranched alkanes of at least 4 members (excludes halogenated alkanes) is 24. The fraction of sp³-hybridized carbons (Fsp3) is 0.696. The van der Waals surface area contributed by atoms with Crippen LogP contribution in [-0.4, -0.2) is 96.7 Å². The molecule has 0 aromatic heterocycles. The summed E-state index contributed by atoms with van der Waals surface area (Å²) < 4.78 is 68.3. The predicted octanol–water partition coefficient (Wildman–Crippen LogP) is 21.6. The second-order valence-corrected chi connectivity index (χ2v) is 27.7. The number of aliphatic hydroxyl groups excluding tert-OH is 1. The molecule has 17 nitrogen and oxygen atoms in total. The molecule has 0 bridgehead atoms. The van der Waals surface area contributed by atoms with E-state index in [4.69, 9.17) is 37.0 Å². The number of ether oxygens (including phenoxy) is 4. The minimum absolute atomic E-state index is 0.0325. The Morgan fingerprint density at radius 3 is 0.867 bits per heavy atom. The van der Waals surface area contributed by atoms with Crippen molar-refractivity contribution in [3.8, 4) is 0 Å². The van der Waals surface area contributed by atoms with E-state index in [-0.39, 0.29) is 25.7 Å². The van der Waals surface area contributed by atoms with Crippen LogP contribution in [-0.2, 0) is 65.4 Å². The molecule has 0 spiro atoms. The minimum atomic E-state index is -4.99. The number of carbonyl (C=O) groups is 4. The zero-order valence-corrected chi connectivity index (χ0v) is 63.0. The van der Waals surface area contributed by atoms with E-state index >= 15 is 0 Å². The first-order valence-corrected chi connectivity index (χ1v) is 40.8. The first-order chi connectivity index (χ1) is 47.7. The monoisotopic (exact) mass is 1420 g/mol. The number of hydrogen-bond donors (Lipinski definition) is 3. The van der Waals surface area contributed by atoms with Crippen molar-refractivity contribution >= 4 is 39.5 Å². The average Bonchev–Trinajstić information content (AvgIpc) is 0.992. The fourth-order valence-corrected chi connectivity index (χ4v) is 11.3. The molecule has 0 aliphatic rings. The summed E-state index contributed by atoms with van der Waals surface area (Å²) in [5.41, 5.74) is 0. The number of carbonyl (C=O) groups excluding carboxylic acids is 4. The van der Waals surface area contributed by atoms with Gasteiger partial charge in [0.25, 0.3) is 0 Å². The van der Waals surface area contributed by atoms with Crippen molar-refractivity contribution in [1.29, 1.82) is 0 Å². The van der Waals surface area contributed by atoms with Crippen LogP contribution >= 0.6 is 15.6 Å². The molecular formula is C79H134O17P2. The predicted molar refractivity (Wildman–Crippen MR) is 399 cm³/mol. The van der Waals surface area contributed by atoms with Gasteiger partial charge >= 0.3 is 39.5 Å². The van der Waals surface area contributed by atoms with Crippen LogP contribution < -0.4 is 0 Å². The van der Waals surface area contributed by atoms with E-state index in [1.165, 1.54) is 64.2 Å². The third-order valence-corrected chi connectivity index (χ3v) is 17.3. The maximum absolute atomic E-state index is 13.1. The van der Waals surface area contributed by atoms with Crippen molar-refractivity contribution in [2.24, 2.45) is 0 Å². The highest BCUT2D eigenvalue weighted by molar-refractivity contribution is 7.47. The molecular weight excluding hydrogens is 1280 g/mol. The molecule has 0 rings (SSSR count). The summed E-state index contributed by atoms with van der Waals surface area (Å²) in [4.78, 5) is 72.7. The highest BCUT2D eigenvalue weighted by atomic mass is 31.2. The Morgan fingerprint density at radius 2 is 0.531 bits per heavy atom. The van der Waals surface area contributed by atoms with E-state index in [9.17, 15) is 43.2 Å². The van der Waals surface area contributed by atoms with Gasteiger partial charge in [0.1, 0.15) is 19.3 Å². The number of allylic oxidation sites excluding steroid dienone is 20. The largest absolute Gasteiger partial charge is 0.472 e. The van der Waals surface area contributed by atoms with Crippen molar-refractivity contribution in [2.45, 2.75) is 316 Å². The van der Waals surface area contributed by atoms with Gasteiger partial charge in [0.2, 0.25) is 0 Å². The highest BCUT2D eigenvalue weighted by Gasteiger charge is 2.30. The van der Waals surface area contributed by atoms with Crippen LogP contribution in [0.15, 0.2) is 122 Å². The van der Waals surface area contributed by atoms with E-state index in [2.05, 4.69) is 149 Å². The highest BCUT2D eigenvalue weighted by Crippen LogP contribution is 2.45. The topological polar surface area (TPSA) is 237 Å². The molecule has 0 heterocycles. The standard InChI is InChI=1S/C79H134O17P2/c1-5-9-13-17-21-25-29-32-34-35-36-37-39-41-45-48-52-56-60-64-77(82)90-70-75(96-79(84)66-62-58-54-50-46-42-38-33-30-26-22-18-14-10-6-2)72-94-98(87,88)92-68-73(80)67-91-97(85,86)93-71-74(95-78(83)65-61-57-53-49-43-28-24-20-16-12-8-4)69-89-76(81)63-59-55-51-47-44-40-31-27-23-19-15-11-7-3/h9-10,13-14,21-22,25-27,31-34,36-38,41,45-46,50,73-75,80H,5-8,11-12,15-20,23-24,28-30,35,39-40,42-44,47-49,51-72H2,1-4H3,(H,85,86)(H,87,88)/b13-9-,14-10-,25-21-,26-22-,31-27-,34-32-,37-36-,38-33-,45-41-,50-46-. The molecule has 19 heteroatoms. The number of rotatable bonds is 70. The van der Waals surface area contributed by atoms with Crippen LogP contribution in [0.5, 0.6) is 0 Å². The molecule has 562 valence electrons. The molecule has 0 aliphatic heterocycles. The summed E-state index contributed by atoms with van der Waals surface area (Å²) >= 11 is 0. The average molecular weight is 1420 g/mol. The quantitative estimate of drug-likeness (QED) is 0.0169. The Morgan fingerprint density at radius 1 is 0.296 bits per heavy atom. The van der Waals surface area contributed by atoms with Crippen LogP contribution in [0.3, 0.4) is 0 Å². The van der Waals surface area contributed by atoms with E-state index in [0.717, 1.165) is 148 Å². The first-order valence-electron chi connectivity index (χ1n) is 37.8. The zero-order valence-electron chi connectivity index (χ0n) is 61.2. The molecule has 98 heavy (non-hydrogen) atoms. The minimum Gasteiger partial charge on any atom is -0.462 e. The Kier molecular flexibility index (Phi) is 67.6. The molecule has 0 aliphatic carbocycles. The molecule has 0 radical (unpaired) electrons. The Hall–Kier alpha value is -4.54. The van der Waals surface area contributed by atoms with Gasteiger partial charge in [-0.1, -0.05) is 258 Å². The van der Waals surface area contributed by atoms with E-state index in [1.807, 2.05) is 0 Å². The van der Waals surface area contributed by atoms with Gasteiger partial charge in [-0.3, -0.25) is 37.3 Å². The normalized spacial score (nSPS) is 14.6. The maximum Gasteiger partial charge on any atom is 0.472 e. The number of esters is 4. The lowest BCUT2D eigenvalue weighted by Gasteiger charge is -2.21. The van der Waals surface area contributed by atoms with Gasteiger partial charge in [0.15, 0.2) is 12.2 Å². The van der Waals surface area contributed by atoms with Crippen molar-refractivity contribution in [3.05, 3.63) is 122 Å². The lowest BCUT2D eigenvalue weighted by Crippen LogP contribution is -2.30. The Balaban J connectivity index is 5.40. The zero-order chi connectivity index (χ0) is 71.8. The van der Waals surface area contributed by atoms with Gasteiger partial charge in [-0.05, 0) is 135 Å². The number of phosphoric acid groups is 2. The summed E-state index contributed by atoms with van der Waals surface area (Å²) in [6, 6.07) is 0. The van der Waals surface area contributed by atoms with Gasteiger partial charge in [0.05, 0.1) is 26.4 Å². The Labute approximate surface area is 593 Å². The smallest absolute Gasteiger partial charge is 0.462 e. The van der Waals surface area contributed by atoms with Crippen LogP contribution in [0.1, 0.15) is 297 Å². The summed E-state index contributed by atoms with van der Waals surface area (Å²) in [7, 11) is -9.97. The molecule has 0 saturated carbocycles. The van der Waals surface area contributed by atoms with Crippen molar-refractivity contribution in [3.63, 3.8) is 0 Å². The summed E-state index contributed by atoms with van der Waals surface area (Å²) in [5.74, 6) is -2.27. The summed E-state index contributed by atoms with van der Waals surface area (Å²) in [6.45, 7) is 4.52. The molecule has 0 amide bonds. The number of phosphoric ester groups is 2. The van der Waals surface area contributed by atoms with Crippen LogP contribution in [0.2, 0.25) is 0 Å². The molecule has 0 aromatic rings. The lowest BCUT2D eigenvalue weighted by atomic mass is 10.1. The van der Waals surface area contributed by atoms with Crippen LogP contribution in [0.25, 0.3) is 0 Å². The van der Waals surface area contributed by atoms with Gasteiger partial charge in [-0.25, -0.2) is 9.13 Å². The van der Waals surface area contributed by atoms with Gasteiger partial charge in [0, 0.05) is 25.7 Å².